The molecule has 0 saturated carbocycles. The molecule has 4 aromatic rings. The highest BCUT2D eigenvalue weighted by molar-refractivity contribution is 7.89. The lowest BCUT2D eigenvalue weighted by Crippen LogP contribution is -2.50. The summed E-state index contributed by atoms with van der Waals surface area (Å²) in [5, 5.41) is 2.88. The van der Waals surface area contributed by atoms with E-state index in [1.165, 1.54) is 22.6 Å². The van der Waals surface area contributed by atoms with E-state index in [9.17, 15) is 18.0 Å². The number of aromatic nitrogens is 1. The number of nitrogens with one attached hydrogen (secondary N) is 1. The van der Waals surface area contributed by atoms with E-state index in [0.717, 1.165) is 22.4 Å². The molecule has 0 aliphatic carbocycles. The summed E-state index contributed by atoms with van der Waals surface area (Å²) < 4.78 is 29.0. The van der Waals surface area contributed by atoms with Crippen LogP contribution in [0.1, 0.15) is 27.0 Å². The maximum absolute atomic E-state index is 13.9. The van der Waals surface area contributed by atoms with Crippen LogP contribution in [0.3, 0.4) is 0 Å². The molecule has 0 radical (unpaired) electrons. The highest BCUT2D eigenvalue weighted by atomic mass is 35.5. The summed E-state index contributed by atoms with van der Waals surface area (Å²) in [5.41, 5.74) is 4.37. The van der Waals surface area contributed by atoms with E-state index >= 15 is 0 Å². The maximum Gasteiger partial charge on any atom is 0.259 e. The summed E-state index contributed by atoms with van der Waals surface area (Å²) in [6.45, 7) is 0.498. The SMILES string of the molecule is O=C(Nc1ccc2c(c1)CCN2C(=O)c1cccnc1)C1Cc2ccccc2CN1S(=O)(=O)c1c(Cl)cccc1Cl. The topological polar surface area (TPSA) is 99.7 Å². The minimum Gasteiger partial charge on any atom is -0.325 e. The Hall–Kier alpha value is -3.76. The van der Waals surface area contributed by atoms with Gasteiger partial charge in [0.15, 0.2) is 0 Å². The average molecular weight is 608 g/mol. The third-order valence-corrected chi connectivity index (χ3v) is 10.2. The van der Waals surface area contributed by atoms with E-state index in [-0.39, 0.29) is 33.8 Å². The Bertz CT molecular complexity index is 1760. The molecule has 41 heavy (non-hydrogen) atoms. The monoisotopic (exact) mass is 606 g/mol. The highest BCUT2D eigenvalue weighted by Crippen LogP contribution is 2.37. The van der Waals surface area contributed by atoms with Crippen molar-refractivity contribution in [2.24, 2.45) is 0 Å². The van der Waals surface area contributed by atoms with Crippen molar-refractivity contribution in [3.05, 3.63) is 117 Å². The van der Waals surface area contributed by atoms with Crippen LogP contribution in [0, 0.1) is 0 Å². The van der Waals surface area contributed by atoms with Crippen LogP contribution in [0.15, 0.2) is 90.1 Å². The van der Waals surface area contributed by atoms with Gasteiger partial charge < -0.3 is 10.2 Å². The van der Waals surface area contributed by atoms with Crippen molar-refractivity contribution in [2.45, 2.75) is 30.3 Å². The van der Waals surface area contributed by atoms with Gasteiger partial charge in [-0.05, 0) is 72.0 Å². The third kappa shape index (κ3) is 5.10. The molecule has 2 aliphatic rings. The maximum atomic E-state index is 13.9. The van der Waals surface area contributed by atoms with Crippen LogP contribution in [0.5, 0.6) is 0 Å². The van der Waals surface area contributed by atoms with Crippen molar-refractivity contribution in [3.8, 4) is 0 Å². The normalized spacial score (nSPS) is 16.6. The molecular weight excluding hydrogens is 583 g/mol. The van der Waals surface area contributed by atoms with Crippen molar-refractivity contribution < 1.29 is 18.0 Å². The number of rotatable bonds is 5. The van der Waals surface area contributed by atoms with Crippen LogP contribution in [-0.2, 0) is 34.2 Å². The molecular formula is C30H24Cl2N4O4S. The number of carbonyl (C=O) groups is 2. The Morgan fingerprint density at radius 1 is 0.902 bits per heavy atom. The van der Waals surface area contributed by atoms with Crippen molar-refractivity contribution >= 4 is 56.4 Å². The van der Waals surface area contributed by atoms with E-state index in [4.69, 9.17) is 23.2 Å². The first-order chi connectivity index (χ1) is 19.7. The minimum atomic E-state index is -4.25. The lowest BCUT2D eigenvalue weighted by atomic mass is 9.95. The standard InChI is InChI=1S/C30H24Cl2N4O4S/c31-24-8-3-9-25(32)28(24)41(39,40)36-18-22-6-2-1-5-19(22)16-27(36)29(37)34-23-10-11-26-20(15-23)12-14-35(26)30(38)21-7-4-13-33-17-21/h1-11,13,15,17,27H,12,14,16,18H2,(H,34,37). The van der Waals surface area contributed by atoms with Crippen molar-refractivity contribution in [2.75, 3.05) is 16.8 Å². The number of pyridine rings is 1. The van der Waals surface area contributed by atoms with Crippen LogP contribution >= 0.6 is 23.2 Å². The number of anilines is 2. The van der Waals surface area contributed by atoms with E-state index in [2.05, 4.69) is 10.3 Å². The second-order valence-electron chi connectivity index (χ2n) is 9.87. The summed E-state index contributed by atoms with van der Waals surface area (Å²) >= 11 is 12.6. The Labute approximate surface area is 247 Å². The molecule has 3 heterocycles. The molecule has 0 bridgehead atoms. The van der Waals surface area contributed by atoms with Gasteiger partial charge >= 0.3 is 0 Å². The van der Waals surface area contributed by atoms with Crippen LogP contribution < -0.4 is 10.2 Å². The van der Waals surface area contributed by atoms with Gasteiger partial charge in [-0.15, -0.1) is 0 Å². The number of fused-ring (bicyclic) bond motifs is 2. The van der Waals surface area contributed by atoms with Gasteiger partial charge in [-0.1, -0.05) is 53.5 Å². The molecule has 0 spiro atoms. The number of halogens is 2. The lowest BCUT2D eigenvalue weighted by molar-refractivity contribution is -0.120. The van der Waals surface area contributed by atoms with Crippen LogP contribution in [0.25, 0.3) is 0 Å². The van der Waals surface area contributed by atoms with Crippen molar-refractivity contribution in [3.63, 3.8) is 0 Å². The van der Waals surface area contributed by atoms with Gasteiger partial charge in [0.1, 0.15) is 10.9 Å². The molecule has 1 aromatic heterocycles. The van der Waals surface area contributed by atoms with Gasteiger partial charge in [-0.2, -0.15) is 4.31 Å². The van der Waals surface area contributed by atoms with Gasteiger partial charge in [0, 0.05) is 36.9 Å². The second kappa shape index (κ2) is 10.9. The van der Waals surface area contributed by atoms with Gasteiger partial charge in [-0.3, -0.25) is 14.6 Å². The minimum absolute atomic E-state index is 0.00620. The molecule has 6 rings (SSSR count). The summed E-state index contributed by atoms with van der Waals surface area (Å²) in [5.74, 6) is -0.624. The molecule has 2 amide bonds. The van der Waals surface area contributed by atoms with Crippen LogP contribution in [0.2, 0.25) is 10.0 Å². The van der Waals surface area contributed by atoms with Crippen LogP contribution in [-0.4, -0.2) is 42.1 Å². The predicted molar refractivity (Wildman–Crippen MR) is 158 cm³/mol. The summed E-state index contributed by atoms with van der Waals surface area (Å²) in [6, 6.07) is 19.6. The van der Waals surface area contributed by atoms with Gasteiger partial charge in [0.25, 0.3) is 5.91 Å². The zero-order valence-corrected chi connectivity index (χ0v) is 24.0. The highest BCUT2D eigenvalue weighted by Gasteiger charge is 2.41. The second-order valence-corrected chi connectivity index (χ2v) is 12.5. The summed E-state index contributed by atoms with van der Waals surface area (Å²) in [4.78, 5) is 32.2. The Morgan fingerprint density at radius 2 is 1.66 bits per heavy atom. The molecule has 0 fully saturated rings. The molecule has 1 N–H and O–H groups in total. The van der Waals surface area contributed by atoms with E-state index in [1.54, 1.807) is 41.4 Å². The van der Waals surface area contributed by atoms with Gasteiger partial charge in [0.2, 0.25) is 15.9 Å². The fourth-order valence-electron chi connectivity index (χ4n) is 5.38. The average Bonchev–Trinajstić information content (AvgIpc) is 3.39. The summed E-state index contributed by atoms with van der Waals surface area (Å²) in [6.07, 6.45) is 3.95. The zero-order valence-electron chi connectivity index (χ0n) is 21.6. The molecule has 1 unspecified atom stereocenters. The zero-order chi connectivity index (χ0) is 28.7. The van der Waals surface area contributed by atoms with Crippen LogP contribution in [0.4, 0.5) is 11.4 Å². The Kier molecular flexibility index (Phi) is 7.29. The molecule has 0 saturated heterocycles. The number of sulfonamides is 1. The first kappa shape index (κ1) is 27.4. The quantitative estimate of drug-likeness (QED) is 0.330. The molecule has 208 valence electrons. The van der Waals surface area contributed by atoms with E-state index in [1.807, 2.05) is 30.3 Å². The fourth-order valence-corrected chi connectivity index (χ4v) is 8.04. The molecule has 2 aliphatic heterocycles. The number of hydrogen-bond acceptors (Lipinski definition) is 5. The number of carbonyl (C=O) groups excluding carboxylic acids is 2. The number of amides is 2. The number of hydrogen-bond donors (Lipinski definition) is 1. The largest absolute Gasteiger partial charge is 0.325 e. The number of nitrogens with zero attached hydrogens (tertiary/aromatic N) is 3. The van der Waals surface area contributed by atoms with Gasteiger partial charge in [0.05, 0.1) is 15.6 Å². The lowest BCUT2D eigenvalue weighted by Gasteiger charge is -2.35. The number of benzene rings is 3. The van der Waals surface area contributed by atoms with Crippen molar-refractivity contribution in [1.29, 1.82) is 0 Å². The Morgan fingerprint density at radius 3 is 2.39 bits per heavy atom. The van der Waals surface area contributed by atoms with Gasteiger partial charge in [-0.25, -0.2) is 8.42 Å². The molecule has 8 nitrogen and oxygen atoms in total. The van der Waals surface area contributed by atoms with E-state index in [0.29, 0.717) is 24.2 Å². The molecule has 11 heteroatoms. The van der Waals surface area contributed by atoms with E-state index < -0.39 is 22.0 Å². The van der Waals surface area contributed by atoms with Crippen molar-refractivity contribution in [1.82, 2.24) is 9.29 Å². The third-order valence-electron chi connectivity index (χ3n) is 7.39. The Balaban J connectivity index is 1.29. The summed E-state index contributed by atoms with van der Waals surface area (Å²) in [7, 11) is -4.25. The molecule has 3 aromatic carbocycles. The first-order valence-corrected chi connectivity index (χ1v) is 15.1. The predicted octanol–water partition coefficient (Wildman–Crippen LogP) is 5.35. The molecule has 1 atom stereocenters. The first-order valence-electron chi connectivity index (χ1n) is 12.9. The smallest absolute Gasteiger partial charge is 0.259 e. The fraction of sp³-hybridized carbons (Fsp3) is 0.167.